The maximum Gasteiger partial charge on any atom is 0.0833 e. The maximum atomic E-state index is 10.1. The second-order valence-electron chi connectivity index (χ2n) is 5.68. The van der Waals surface area contributed by atoms with Gasteiger partial charge in [0.2, 0.25) is 0 Å². The van der Waals surface area contributed by atoms with Crippen LogP contribution in [0.1, 0.15) is 27.2 Å². The molecule has 96 valence electrons. The first kappa shape index (κ1) is 14.7. The minimum Gasteiger partial charge on any atom is -0.388 e. The van der Waals surface area contributed by atoms with E-state index in [-0.39, 0.29) is 0 Å². The standard InChI is InChI=1S/C12H25NOS2/c1-11(2)5-6-16-7-10(11)13-8-12(3,14)9-15-4/h10,13-14H,5-9H2,1-4H3. The highest BCUT2D eigenvalue weighted by atomic mass is 32.2. The van der Waals surface area contributed by atoms with Crippen LogP contribution in [-0.4, -0.2) is 46.8 Å². The lowest BCUT2D eigenvalue weighted by molar-refractivity contribution is 0.0746. The third kappa shape index (κ3) is 4.47. The quantitative estimate of drug-likeness (QED) is 0.797. The van der Waals surface area contributed by atoms with Gasteiger partial charge >= 0.3 is 0 Å². The molecule has 0 spiro atoms. The lowest BCUT2D eigenvalue weighted by Gasteiger charge is -2.40. The van der Waals surface area contributed by atoms with Crippen LogP contribution in [0.25, 0.3) is 0 Å². The molecule has 2 atom stereocenters. The molecule has 0 aromatic heterocycles. The van der Waals surface area contributed by atoms with E-state index in [4.69, 9.17) is 0 Å². The van der Waals surface area contributed by atoms with Gasteiger partial charge in [-0.05, 0) is 30.8 Å². The second-order valence-corrected chi connectivity index (χ2v) is 7.69. The number of hydrogen-bond acceptors (Lipinski definition) is 4. The van der Waals surface area contributed by atoms with E-state index >= 15 is 0 Å². The summed E-state index contributed by atoms with van der Waals surface area (Å²) in [5.41, 5.74) is -0.224. The Balaban J connectivity index is 2.41. The highest BCUT2D eigenvalue weighted by molar-refractivity contribution is 7.99. The average Bonchev–Trinajstić information content (AvgIpc) is 2.15. The molecule has 1 aliphatic heterocycles. The Morgan fingerprint density at radius 3 is 2.81 bits per heavy atom. The Labute approximate surface area is 108 Å². The van der Waals surface area contributed by atoms with Crippen LogP contribution in [0, 0.1) is 5.41 Å². The van der Waals surface area contributed by atoms with Gasteiger partial charge in [0.25, 0.3) is 0 Å². The molecular formula is C12H25NOS2. The van der Waals surface area contributed by atoms with Crippen molar-refractivity contribution in [1.82, 2.24) is 5.32 Å². The van der Waals surface area contributed by atoms with Gasteiger partial charge < -0.3 is 10.4 Å². The van der Waals surface area contributed by atoms with Crippen LogP contribution in [0.5, 0.6) is 0 Å². The van der Waals surface area contributed by atoms with E-state index in [0.717, 1.165) is 5.75 Å². The molecule has 0 amide bonds. The van der Waals surface area contributed by atoms with E-state index in [9.17, 15) is 5.11 Å². The van der Waals surface area contributed by atoms with Crippen LogP contribution in [-0.2, 0) is 0 Å². The number of rotatable bonds is 5. The first-order chi connectivity index (χ1) is 7.37. The summed E-state index contributed by atoms with van der Waals surface area (Å²) in [4.78, 5) is 0. The fourth-order valence-corrected chi connectivity index (χ4v) is 4.34. The molecule has 1 saturated heterocycles. The highest BCUT2D eigenvalue weighted by Gasteiger charge is 2.33. The molecule has 0 radical (unpaired) electrons. The summed E-state index contributed by atoms with van der Waals surface area (Å²) in [6, 6.07) is 0.527. The molecule has 0 aromatic rings. The second kappa shape index (κ2) is 5.98. The molecule has 16 heavy (non-hydrogen) atoms. The van der Waals surface area contributed by atoms with Gasteiger partial charge in [0.05, 0.1) is 5.60 Å². The van der Waals surface area contributed by atoms with Gasteiger partial charge in [-0.1, -0.05) is 13.8 Å². The normalized spacial score (nSPS) is 28.7. The summed E-state index contributed by atoms with van der Waals surface area (Å²) in [5.74, 6) is 3.23. The van der Waals surface area contributed by atoms with Crippen molar-refractivity contribution in [2.24, 2.45) is 5.41 Å². The number of thioether (sulfide) groups is 2. The molecule has 0 saturated carbocycles. The zero-order valence-corrected chi connectivity index (χ0v) is 12.5. The molecule has 1 heterocycles. The molecule has 1 rings (SSSR count). The van der Waals surface area contributed by atoms with E-state index in [1.807, 2.05) is 24.9 Å². The predicted octanol–water partition coefficient (Wildman–Crippen LogP) is 2.22. The van der Waals surface area contributed by atoms with Crippen LogP contribution in [0.2, 0.25) is 0 Å². The van der Waals surface area contributed by atoms with E-state index < -0.39 is 5.60 Å². The van der Waals surface area contributed by atoms with Gasteiger partial charge in [0, 0.05) is 24.1 Å². The molecule has 2 nitrogen and oxygen atoms in total. The Kier molecular flexibility index (Phi) is 5.49. The zero-order valence-electron chi connectivity index (χ0n) is 10.9. The van der Waals surface area contributed by atoms with E-state index in [2.05, 4.69) is 19.2 Å². The summed E-state index contributed by atoms with van der Waals surface area (Å²) in [5, 5.41) is 13.7. The lowest BCUT2D eigenvalue weighted by Crippen LogP contribution is -2.52. The van der Waals surface area contributed by atoms with Crippen LogP contribution >= 0.6 is 23.5 Å². The van der Waals surface area contributed by atoms with E-state index in [1.165, 1.54) is 17.9 Å². The monoisotopic (exact) mass is 263 g/mol. The molecule has 0 bridgehead atoms. The van der Waals surface area contributed by atoms with Crippen LogP contribution in [0.3, 0.4) is 0 Å². The Morgan fingerprint density at radius 2 is 2.25 bits per heavy atom. The van der Waals surface area contributed by atoms with Crippen molar-refractivity contribution in [3.8, 4) is 0 Å². The summed E-state index contributed by atoms with van der Waals surface area (Å²) in [6.07, 6.45) is 3.30. The van der Waals surface area contributed by atoms with Crippen LogP contribution < -0.4 is 5.32 Å². The van der Waals surface area contributed by atoms with Gasteiger partial charge in [0.15, 0.2) is 0 Å². The van der Waals surface area contributed by atoms with Gasteiger partial charge in [-0.25, -0.2) is 0 Å². The van der Waals surface area contributed by atoms with Crippen molar-refractivity contribution in [1.29, 1.82) is 0 Å². The molecule has 0 aromatic carbocycles. The minimum absolute atomic E-state index is 0.362. The van der Waals surface area contributed by atoms with Crippen molar-refractivity contribution in [3.05, 3.63) is 0 Å². The first-order valence-corrected chi connectivity index (χ1v) is 8.45. The van der Waals surface area contributed by atoms with Crippen molar-refractivity contribution < 1.29 is 5.11 Å². The third-order valence-corrected chi connectivity index (χ3v) is 5.28. The summed E-state index contributed by atoms with van der Waals surface area (Å²) < 4.78 is 0. The van der Waals surface area contributed by atoms with E-state index in [0.29, 0.717) is 18.0 Å². The minimum atomic E-state index is -0.586. The van der Waals surface area contributed by atoms with Crippen molar-refractivity contribution in [3.63, 3.8) is 0 Å². The number of nitrogens with one attached hydrogen (secondary N) is 1. The molecule has 2 unspecified atom stereocenters. The summed E-state index contributed by atoms with van der Waals surface area (Å²) in [7, 11) is 0. The Bertz CT molecular complexity index is 219. The average molecular weight is 263 g/mol. The zero-order chi connectivity index (χ0) is 12.2. The van der Waals surface area contributed by atoms with E-state index in [1.54, 1.807) is 11.8 Å². The Morgan fingerprint density at radius 1 is 1.56 bits per heavy atom. The highest BCUT2D eigenvalue weighted by Crippen LogP contribution is 2.34. The molecule has 1 aliphatic rings. The van der Waals surface area contributed by atoms with Crippen LogP contribution in [0.15, 0.2) is 0 Å². The summed E-state index contributed by atoms with van der Waals surface area (Å²) >= 11 is 3.72. The summed E-state index contributed by atoms with van der Waals surface area (Å²) in [6.45, 7) is 7.27. The first-order valence-electron chi connectivity index (χ1n) is 5.90. The fourth-order valence-electron chi connectivity index (χ4n) is 1.98. The lowest BCUT2D eigenvalue weighted by atomic mass is 9.82. The third-order valence-electron chi connectivity index (χ3n) is 3.30. The molecular weight excluding hydrogens is 238 g/mol. The smallest absolute Gasteiger partial charge is 0.0833 e. The predicted molar refractivity (Wildman–Crippen MR) is 76.5 cm³/mol. The van der Waals surface area contributed by atoms with Gasteiger partial charge in [-0.15, -0.1) is 0 Å². The molecule has 2 N–H and O–H groups in total. The molecule has 0 aliphatic carbocycles. The molecule has 4 heteroatoms. The SMILES string of the molecule is CSCC(C)(O)CNC1CSCCC1(C)C. The Hall–Kier alpha value is 0.620. The van der Waals surface area contributed by atoms with Gasteiger partial charge in [-0.3, -0.25) is 0 Å². The van der Waals surface area contributed by atoms with Crippen molar-refractivity contribution in [2.45, 2.75) is 38.8 Å². The van der Waals surface area contributed by atoms with Crippen molar-refractivity contribution >= 4 is 23.5 Å². The number of aliphatic hydroxyl groups is 1. The topological polar surface area (TPSA) is 32.3 Å². The van der Waals surface area contributed by atoms with Gasteiger partial charge in [-0.2, -0.15) is 23.5 Å². The maximum absolute atomic E-state index is 10.1. The fraction of sp³-hybridized carbons (Fsp3) is 1.00. The largest absolute Gasteiger partial charge is 0.388 e. The van der Waals surface area contributed by atoms with Gasteiger partial charge in [0.1, 0.15) is 0 Å². The molecule has 1 fully saturated rings. The van der Waals surface area contributed by atoms with Crippen LogP contribution in [0.4, 0.5) is 0 Å². The number of hydrogen-bond donors (Lipinski definition) is 2. The van der Waals surface area contributed by atoms with Crippen molar-refractivity contribution in [2.75, 3.05) is 30.1 Å².